The minimum absolute atomic E-state index is 0.0571. The van der Waals surface area contributed by atoms with Crippen molar-refractivity contribution in [2.75, 3.05) is 13.1 Å². The molecule has 5 heteroatoms. The summed E-state index contributed by atoms with van der Waals surface area (Å²) in [6, 6.07) is 7.89. The fourth-order valence-electron chi connectivity index (χ4n) is 2.97. The van der Waals surface area contributed by atoms with Crippen molar-refractivity contribution in [3.05, 3.63) is 24.3 Å². The molecule has 1 aliphatic heterocycles. The Labute approximate surface area is 130 Å². The Morgan fingerprint density at radius 3 is 2.73 bits per heavy atom. The van der Waals surface area contributed by atoms with E-state index in [4.69, 9.17) is 4.74 Å². The number of piperidine rings is 1. The number of para-hydroxylation sites is 1. The van der Waals surface area contributed by atoms with Crippen LogP contribution in [0.3, 0.4) is 0 Å². The van der Waals surface area contributed by atoms with Crippen LogP contribution in [0, 0.1) is 5.92 Å². The molecule has 2 heterocycles. The second-order valence-electron chi connectivity index (χ2n) is 6.21. The molecular weight excluding hydrogens is 278 g/mol. The number of rotatable bonds is 3. The lowest BCUT2D eigenvalue weighted by Gasteiger charge is -2.31. The minimum Gasteiger partial charge on any atom is -0.463 e. The van der Waals surface area contributed by atoms with Crippen LogP contribution in [0.1, 0.15) is 26.7 Å². The van der Waals surface area contributed by atoms with Crippen molar-refractivity contribution in [3.8, 4) is 5.88 Å². The van der Waals surface area contributed by atoms with Gasteiger partial charge in [0.15, 0.2) is 6.10 Å². The second kappa shape index (κ2) is 5.99. The molecule has 0 N–H and O–H groups in total. The van der Waals surface area contributed by atoms with E-state index in [-0.39, 0.29) is 5.91 Å². The van der Waals surface area contributed by atoms with Crippen LogP contribution < -0.4 is 4.74 Å². The van der Waals surface area contributed by atoms with Gasteiger partial charge in [-0.25, -0.2) is 0 Å². The first-order valence-electron chi connectivity index (χ1n) is 7.93. The van der Waals surface area contributed by atoms with Gasteiger partial charge in [-0.15, -0.1) is 5.10 Å². The molecule has 1 aromatic heterocycles. The summed E-state index contributed by atoms with van der Waals surface area (Å²) in [6.45, 7) is 5.71. The van der Waals surface area contributed by atoms with Gasteiger partial charge in [-0.3, -0.25) is 9.48 Å². The van der Waals surface area contributed by atoms with Crippen LogP contribution in [-0.2, 0) is 11.8 Å². The van der Waals surface area contributed by atoms with Gasteiger partial charge in [0.2, 0.25) is 5.88 Å². The first kappa shape index (κ1) is 14.9. The molecule has 0 radical (unpaired) electrons. The Morgan fingerprint density at radius 2 is 2.00 bits per heavy atom. The Hall–Kier alpha value is -2.04. The monoisotopic (exact) mass is 301 g/mol. The predicted octanol–water partition coefficient (Wildman–Crippen LogP) is 2.60. The number of carbonyl (C=O) groups excluding carboxylic acids is 1. The second-order valence-corrected chi connectivity index (χ2v) is 6.21. The van der Waals surface area contributed by atoms with E-state index < -0.39 is 6.10 Å². The summed E-state index contributed by atoms with van der Waals surface area (Å²) in [6.07, 6.45) is 1.64. The standard InChI is InChI=1S/C17H23N3O2/c1-12-8-10-20(11-9-12)17(21)13(2)22-16-14-6-4-5-7-15(14)19(3)18-16/h4-7,12-13H,8-11H2,1-3H3/t13-/m0/s1. The summed E-state index contributed by atoms with van der Waals surface area (Å²) in [5.41, 5.74) is 1.00. The number of ether oxygens (including phenoxy) is 1. The number of hydrogen-bond acceptors (Lipinski definition) is 3. The summed E-state index contributed by atoms with van der Waals surface area (Å²) >= 11 is 0. The van der Waals surface area contributed by atoms with Gasteiger partial charge < -0.3 is 9.64 Å². The predicted molar refractivity (Wildman–Crippen MR) is 85.8 cm³/mol. The van der Waals surface area contributed by atoms with Gasteiger partial charge in [0, 0.05) is 20.1 Å². The molecule has 3 rings (SSSR count). The van der Waals surface area contributed by atoms with E-state index in [1.165, 1.54) is 0 Å². The highest BCUT2D eigenvalue weighted by Gasteiger charge is 2.26. The molecule has 0 saturated carbocycles. The molecule has 1 saturated heterocycles. The van der Waals surface area contributed by atoms with Gasteiger partial charge in [0.1, 0.15) is 0 Å². The summed E-state index contributed by atoms with van der Waals surface area (Å²) in [7, 11) is 1.88. The fraction of sp³-hybridized carbons (Fsp3) is 0.529. The van der Waals surface area contributed by atoms with E-state index in [1.807, 2.05) is 43.1 Å². The van der Waals surface area contributed by atoms with Crippen LogP contribution in [0.4, 0.5) is 0 Å². The molecule has 118 valence electrons. The molecule has 22 heavy (non-hydrogen) atoms. The molecule has 0 spiro atoms. The zero-order valence-corrected chi connectivity index (χ0v) is 13.5. The van der Waals surface area contributed by atoms with Gasteiger partial charge >= 0.3 is 0 Å². The molecule has 5 nitrogen and oxygen atoms in total. The number of likely N-dealkylation sites (tertiary alicyclic amines) is 1. The molecule has 1 fully saturated rings. The first-order chi connectivity index (χ1) is 10.6. The van der Waals surface area contributed by atoms with E-state index in [1.54, 1.807) is 4.68 Å². The smallest absolute Gasteiger partial charge is 0.263 e. The third-order valence-electron chi connectivity index (χ3n) is 4.46. The number of fused-ring (bicyclic) bond motifs is 1. The topological polar surface area (TPSA) is 47.4 Å². The normalized spacial score (nSPS) is 17.7. The maximum absolute atomic E-state index is 12.5. The van der Waals surface area contributed by atoms with Crippen molar-refractivity contribution in [1.82, 2.24) is 14.7 Å². The molecule has 1 atom stereocenters. The average molecular weight is 301 g/mol. The maximum atomic E-state index is 12.5. The van der Waals surface area contributed by atoms with Crippen molar-refractivity contribution in [1.29, 1.82) is 0 Å². The number of carbonyl (C=O) groups is 1. The lowest BCUT2D eigenvalue weighted by molar-refractivity contribution is -0.139. The summed E-state index contributed by atoms with van der Waals surface area (Å²) in [5, 5.41) is 5.33. The fourth-order valence-corrected chi connectivity index (χ4v) is 2.97. The minimum atomic E-state index is -0.508. The number of benzene rings is 1. The van der Waals surface area contributed by atoms with Crippen LogP contribution in [0.2, 0.25) is 0 Å². The van der Waals surface area contributed by atoms with E-state index in [0.717, 1.165) is 36.8 Å². The lowest BCUT2D eigenvalue weighted by atomic mass is 9.99. The van der Waals surface area contributed by atoms with Gasteiger partial charge in [-0.1, -0.05) is 19.1 Å². The van der Waals surface area contributed by atoms with Gasteiger partial charge in [0.05, 0.1) is 10.9 Å². The third kappa shape index (κ3) is 2.80. The first-order valence-corrected chi connectivity index (χ1v) is 7.93. The Balaban J connectivity index is 1.73. The highest BCUT2D eigenvalue weighted by atomic mass is 16.5. The number of nitrogens with zero attached hydrogens (tertiary/aromatic N) is 3. The number of amides is 1. The van der Waals surface area contributed by atoms with Crippen LogP contribution in [0.25, 0.3) is 10.9 Å². The molecule has 1 aliphatic rings. The molecule has 1 amide bonds. The highest BCUT2D eigenvalue weighted by molar-refractivity contribution is 5.86. The van der Waals surface area contributed by atoms with Crippen LogP contribution in [0.5, 0.6) is 5.88 Å². The quantitative estimate of drug-likeness (QED) is 0.875. The van der Waals surface area contributed by atoms with Crippen LogP contribution in [0.15, 0.2) is 24.3 Å². The van der Waals surface area contributed by atoms with E-state index in [9.17, 15) is 4.79 Å². The van der Waals surface area contributed by atoms with E-state index >= 15 is 0 Å². The van der Waals surface area contributed by atoms with Gasteiger partial charge in [-0.05, 0) is 37.8 Å². The molecule has 2 aromatic rings. The third-order valence-corrected chi connectivity index (χ3v) is 4.46. The van der Waals surface area contributed by atoms with Crippen molar-refractivity contribution in [2.45, 2.75) is 32.8 Å². The Bertz CT molecular complexity index is 672. The largest absolute Gasteiger partial charge is 0.463 e. The SMILES string of the molecule is CC1CCN(C(=O)[C@H](C)Oc2nn(C)c3ccccc23)CC1. The van der Waals surface area contributed by atoms with Crippen LogP contribution >= 0.6 is 0 Å². The Kier molecular flexibility index (Phi) is 4.05. The zero-order valence-electron chi connectivity index (χ0n) is 13.5. The average Bonchev–Trinajstić information content (AvgIpc) is 2.84. The maximum Gasteiger partial charge on any atom is 0.263 e. The molecule has 0 bridgehead atoms. The van der Waals surface area contributed by atoms with Crippen molar-refractivity contribution >= 4 is 16.8 Å². The van der Waals surface area contributed by atoms with Crippen molar-refractivity contribution < 1.29 is 9.53 Å². The molecular formula is C17H23N3O2. The van der Waals surface area contributed by atoms with Gasteiger partial charge in [-0.2, -0.15) is 0 Å². The molecule has 1 aromatic carbocycles. The summed E-state index contributed by atoms with van der Waals surface area (Å²) in [4.78, 5) is 14.4. The zero-order chi connectivity index (χ0) is 15.7. The van der Waals surface area contributed by atoms with Crippen LogP contribution in [-0.4, -0.2) is 39.8 Å². The highest BCUT2D eigenvalue weighted by Crippen LogP contribution is 2.25. The Morgan fingerprint density at radius 1 is 1.32 bits per heavy atom. The van der Waals surface area contributed by atoms with Crippen molar-refractivity contribution in [3.63, 3.8) is 0 Å². The number of aromatic nitrogens is 2. The summed E-state index contributed by atoms with van der Waals surface area (Å²) in [5.74, 6) is 1.30. The summed E-state index contributed by atoms with van der Waals surface area (Å²) < 4.78 is 7.65. The lowest BCUT2D eigenvalue weighted by Crippen LogP contribution is -2.44. The van der Waals surface area contributed by atoms with Crippen molar-refractivity contribution in [2.24, 2.45) is 13.0 Å². The van der Waals surface area contributed by atoms with E-state index in [0.29, 0.717) is 11.8 Å². The molecule has 0 aliphatic carbocycles. The van der Waals surface area contributed by atoms with Gasteiger partial charge in [0.25, 0.3) is 5.91 Å². The molecule has 0 unspecified atom stereocenters. The number of hydrogen-bond donors (Lipinski definition) is 0. The number of aryl methyl sites for hydroxylation is 1. The van der Waals surface area contributed by atoms with E-state index in [2.05, 4.69) is 12.0 Å².